The maximum Gasteiger partial charge on any atom is 0.259 e. The molecule has 172 valence electrons. The van der Waals surface area contributed by atoms with Gasteiger partial charge in [0.2, 0.25) is 5.91 Å². The number of rotatable bonds is 7. The van der Waals surface area contributed by atoms with Crippen molar-refractivity contribution in [3.8, 4) is 11.1 Å². The topological polar surface area (TPSA) is 68.2 Å². The molecule has 0 atom stereocenters. The van der Waals surface area contributed by atoms with Crippen molar-refractivity contribution >= 4 is 34.1 Å². The van der Waals surface area contributed by atoms with E-state index in [1.807, 2.05) is 54.6 Å². The van der Waals surface area contributed by atoms with Gasteiger partial charge in [0.15, 0.2) is 5.78 Å². The summed E-state index contributed by atoms with van der Waals surface area (Å²) in [4.78, 5) is 38.6. The fraction of sp³-hybridized carbons (Fsp3) is 0.179. The summed E-state index contributed by atoms with van der Waals surface area (Å²) in [5.74, 6) is -0.186. The van der Waals surface area contributed by atoms with Crippen LogP contribution in [-0.4, -0.2) is 23.3 Å². The molecular formula is C28H25ClN2O3. The summed E-state index contributed by atoms with van der Waals surface area (Å²) in [6, 6.07) is 22.3. The zero-order valence-electron chi connectivity index (χ0n) is 19.1. The summed E-state index contributed by atoms with van der Waals surface area (Å²) in [5.41, 5.74) is 3.43. The normalized spacial score (nSPS) is 10.9. The molecule has 5 nitrogen and oxygen atoms in total. The van der Waals surface area contributed by atoms with E-state index < -0.39 is 0 Å². The molecule has 0 aliphatic rings. The molecule has 0 aliphatic carbocycles. The standard InChI is InChI=1S/C28H25ClN2O3/c1-3-24(32)27-26(20-7-5-4-6-8-20)23-16-21(29)13-14-22(23)28(34)31(27)17-19-11-9-18(10-12-19)15-25(33)30-2/h4-14,16H,3,15,17H2,1-2H3,(H,30,33). The summed E-state index contributed by atoms with van der Waals surface area (Å²) < 4.78 is 1.57. The summed E-state index contributed by atoms with van der Waals surface area (Å²) in [5, 5.41) is 4.29. The third-order valence-electron chi connectivity index (χ3n) is 5.89. The molecule has 4 rings (SSSR count). The first kappa shape index (κ1) is 23.5. The van der Waals surface area contributed by atoms with Gasteiger partial charge in [-0.25, -0.2) is 0 Å². The molecule has 0 fully saturated rings. The Bertz CT molecular complexity index is 1420. The molecule has 3 aromatic carbocycles. The monoisotopic (exact) mass is 472 g/mol. The first-order valence-electron chi connectivity index (χ1n) is 11.2. The van der Waals surface area contributed by atoms with Crippen molar-refractivity contribution in [1.82, 2.24) is 9.88 Å². The highest BCUT2D eigenvalue weighted by Crippen LogP contribution is 2.33. The van der Waals surface area contributed by atoms with E-state index in [0.29, 0.717) is 27.1 Å². The molecule has 0 aliphatic heterocycles. The fourth-order valence-electron chi connectivity index (χ4n) is 4.14. The van der Waals surface area contributed by atoms with E-state index in [4.69, 9.17) is 11.6 Å². The minimum absolute atomic E-state index is 0.0690. The minimum Gasteiger partial charge on any atom is -0.359 e. The van der Waals surface area contributed by atoms with Gasteiger partial charge in [-0.05, 0) is 40.3 Å². The second-order valence-corrected chi connectivity index (χ2v) is 8.55. The van der Waals surface area contributed by atoms with Crippen molar-refractivity contribution in [3.63, 3.8) is 0 Å². The van der Waals surface area contributed by atoms with Gasteiger partial charge < -0.3 is 5.32 Å². The largest absolute Gasteiger partial charge is 0.359 e. The Hall–Kier alpha value is -3.70. The number of Topliss-reactive ketones (excluding diaryl/α,β-unsaturated/α-hetero) is 1. The molecule has 0 unspecified atom stereocenters. The van der Waals surface area contributed by atoms with E-state index in [1.54, 1.807) is 36.7 Å². The molecule has 0 bridgehead atoms. The number of nitrogens with zero attached hydrogens (tertiary/aromatic N) is 1. The van der Waals surface area contributed by atoms with E-state index in [0.717, 1.165) is 16.7 Å². The third kappa shape index (κ3) is 4.66. The number of ketones is 1. The highest BCUT2D eigenvalue weighted by molar-refractivity contribution is 6.31. The molecule has 0 saturated carbocycles. The van der Waals surface area contributed by atoms with Crippen molar-refractivity contribution in [2.24, 2.45) is 0 Å². The zero-order valence-corrected chi connectivity index (χ0v) is 19.9. The molecule has 4 aromatic rings. The van der Waals surface area contributed by atoms with Gasteiger partial charge in [0, 0.05) is 29.4 Å². The number of benzene rings is 3. The van der Waals surface area contributed by atoms with Crippen LogP contribution in [-0.2, 0) is 17.8 Å². The molecular weight excluding hydrogens is 448 g/mol. The molecule has 1 N–H and O–H groups in total. The van der Waals surface area contributed by atoms with Gasteiger partial charge >= 0.3 is 0 Å². The highest BCUT2D eigenvalue weighted by Gasteiger charge is 2.22. The Morgan fingerprint density at radius 1 is 0.912 bits per heavy atom. The second kappa shape index (κ2) is 10.1. The van der Waals surface area contributed by atoms with Crippen molar-refractivity contribution in [2.45, 2.75) is 26.3 Å². The zero-order chi connectivity index (χ0) is 24.2. The van der Waals surface area contributed by atoms with Gasteiger partial charge in [-0.2, -0.15) is 0 Å². The van der Waals surface area contributed by atoms with Gasteiger partial charge in [0.25, 0.3) is 5.56 Å². The molecule has 1 aromatic heterocycles. The second-order valence-electron chi connectivity index (χ2n) is 8.11. The smallest absolute Gasteiger partial charge is 0.259 e. The van der Waals surface area contributed by atoms with Gasteiger partial charge in [0.1, 0.15) is 0 Å². The van der Waals surface area contributed by atoms with Crippen molar-refractivity contribution < 1.29 is 9.59 Å². The van der Waals surface area contributed by atoms with Crippen LogP contribution in [0, 0.1) is 0 Å². The van der Waals surface area contributed by atoms with E-state index in [2.05, 4.69) is 5.32 Å². The Balaban J connectivity index is 1.94. The van der Waals surface area contributed by atoms with E-state index in [9.17, 15) is 14.4 Å². The maximum absolute atomic E-state index is 13.6. The van der Waals surface area contributed by atoms with E-state index in [1.165, 1.54) is 0 Å². The van der Waals surface area contributed by atoms with Crippen LogP contribution in [0.25, 0.3) is 21.9 Å². The predicted molar refractivity (Wildman–Crippen MR) is 137 cm³/mol. The molecule has 0 radical (unpaired) electrons. The molecule has 1 heterocycles. The lowest BCUT2D eigenvalue weighted by molar-refractivity contribution is -0.119. The van der Waals surface area contributed by atoms with Crippen molar-refractivity contribution in [3.05, 3.63) is 105 Å². The van der Waals surface area contributed by atoms with Crippen LogP contribution in [0.2, 0.25) is 5.02 Å². The number of aromatic nitrogens is 1. The lowest BCUT2D eigenvalue weighted by atomic mass is 9.94. The molecule has 6 heteroatoms. The van der Waals surface area contributed by atoms with Crippen LogP contribution in [0.3, 0.4) is 0 Å². The number of carbonyl (C=O) groups excluding carboxylic acids is 2. The minimum atomic E-state index is -0.238. The number of amides is 1. The van der Waals surface area contributed by atoms with Crippen molar-refractivity contribution in [2.75, 3.05) is 7.05 Å². The predicted octanol–water partition coefficient (Wildman–Crippen LogP) is 5.25. The molecule has 0 spiro atoms. The summed E-state index contributed by atoms with van der Waals surface area (Å²) in [7, 11) is 1.60. The lowest BCUT2D eigenvalue weighted by Gasteiger charge is -2.19. The SMILES string of the molecule is CCC(=O)c1c(-c2ccccc2)c2cc(Cl)ccc2c(=O)n1Cc1ccc(CC(=O)NC)cc1. The van der Waals surface area contributed by atoms with Crippen molar-refractivity contribution in [1.29, 1.82) is 0 Å². The van der Waals surface area contributed by atoms with Crippen LogP contribution >= 0.6 is 11.6 Å². The average molecular weight is 473 g/mol. The van der Waals surface area contributed by atoms with Gasteiger partial charge in [-0.1, -0.05) is 73.1 Å². The first-order chi connectivity index (χ1) is 16.4. The van der Waals surface area contributed by atoms with Gasteiger partial charge in [-0.3, -0.25) is 19.0 Å². The maximum atomic E-state index is 13.6. The van der Waals surface area contributed by atoms with Crippen LogP contribution in [0.15, 0.2) is 77.6 Å². The number of fused-ring (bicyclic) bond motifs is 1. The molecule has 1 amide bonds. The number of halogens is 1. The van der Waals surface area contributed by atoms with Crippen LogP contribution in [0.4, 0.5) is 0 Å². The Morgan fingerprint density at radius 3 is 2.24 bits per heavy atom. The summed E-state index contributed by atoms with van der Waals surface area (Å²) >= 11 is 6.30. The number of hydrogen-bond donors (Lipinski definition) is 1. The van der Waals surface area contributed by atoms with E-state index >= 15 is 0 Å². The Morgan fingerprint density at radius 2 is 1.59 bits per heavy atom. The fourth-order valence-corrected chi connectivity index (χ4v) is 4.32. The number of nitrogens with one attached hydrogen (secondary N) is 1. The number of hydrogen-bond acceptors (Lipinski definition) is 3. The van der Waals surface area contributed by atoms with Crippen LogP contribution in [0.5, 0.6) is 0 Å². The van der Waals surface area contributed by atoms with Crippen LogP contribution < -0.4 is 10.9 Å². The number of likely N-dealkylation sites (N-methyl/N-ethyl adjacent to an activating group) is 1. The third-order valence-corrected chi connectivity index (χ3v) is 6.12. The first-order valence-corrected chi connectivity index (χ1v) is 11.5. The van der Waals surface area contributed by atoms with Gasteiger partial charge in [0.05, 0.1) is 18.7 Å². The lowest BCUT2D eigenvalue weighted by Crippen LogP contribution is -2.28. The Kier molecular flexibility index (Phi) is 6.94. The quantitative estimate of drug-likeness (QED) is 0.373. The summed E-state index contributed by atoms with van der Waals surface area (Å²) in [6.07, 6.45) is 0.543. The highest BCUT2D eigenvalue weighted by atomic mass is 35.5. The van der Waals surface area contributed by atoms with E-state index in [-0.39, 0.29) is 36.6 Å². The van der Waals surface area contributed by atoms with Crippen LogP contribution in [0.1, 0.15) is 35.0 Å². The number of pyridine rings is 1. The molecule has 0 saturated heterocycles. The Labute approximate surface area is 203 Å². The number of carbonyl (C=O) groups is 2. The average Bonchev–Trinajstić information content (AvgIpc) is 2.86. The summed E-state index contributed by atoms with van der Waals surface area (Å²) in [6.45, 7) is 2.03. The van der Waals surface area contributed by atoms with Gasteiger partial charge in [-0.15, -0.1) is 0 Å². The molecule has 34 heavy (non-hydrogen) atoms.